The maximum atomic E-state index is 5.64. The fraction of sp³-hybridized carbons (Fsp3) is 0.364. The molecule has 90 valence electrons. The molecular formula is C11H14N4OS. The van der Waals surface area contributed by atoms with Gasteiger partial charge in [0.2, 0.25) is 5.95 Å². The molecule has 17 heavy (non-hydrogen) atoms. The molecule has 0 aliphatic rings. The monoisotopic (exact) mass is 250 g/mol. The molecule has 0 aliphatic heterocycles. The van der Waals surface area contributed by atoms with Gasteiger partial charge in [-0.15, -0.1) is 11.3 Å². The van der Waals surface area contributed by atoms with Crippen molar-refractivity contribution in [2.45, 2.75) is 20.3 Å². The molecule has 0 atom stereocenters. The molecule has 0 radical (unpaired) electrons. The highest BCUT2D eigenvalue weighted by Crippen LogP contribution is 2.23. The maximum absolute atomic E-state index is 5.64. The zero-order valence-electron chi connectivity index (χ0n) is 9.80. The standard InChI is InChI=1S/C11H14N4OS/c1-3-4-16-11-14-9(13-10(12)15-11)8-5-7(2)17-6-8/h5-6H,3-4H2,1-2H3,(H2,12,13,14,15). The van der Waals surface area contributed by atoms with E-state index in [0.29, 0.717) is 18.4 Å². The van der Waals surface area contributed by atoms with Crippen LogP contribution in [0.2, 0.25) is 0 Å². The van der Waals surface area contributed by atoms with Gasteiger partial charge in [-0.1, -0.05) is 6.92 Å². The van der Waals surface area contributed by atoms with Crippen LogP contribution in [0.5, 0.6) is 6.01 Å². The molecule has 0 amide bonds. The van der Waals surface area contributed by atoms with Crippen LogP contribution in [0.3, 0.4) is 0 Å². The molecule has 0 bridgehead atoms. The van der Waals surface area contributed by atoms with Gasteiger partial charge in [0.15, 0.2) is 5.82 Å². The highest BCUT2D eigenvalue weighted by Gasteiger charge is 2.08. The van der Waals surface area contributed by atoms with Gasteiger partial charge in [0.1, 0.15) is 0 Å². The number of aryl methyl sites for hydroxylation is 1. The highest BCUT2D eigenvalue weighted by atomic mass is 32.1. The first-order valence-corrected chi connectivity index (χ1v) is 6.27. The van der Waals surface area contributed by atoms with E-state index in [1.165, 1.54) is 4.88 Å². The number of nitrogens with zero attached hydrogens (tertiary/aromatic N) is 3. The molecule has 0 fully saturated rings. The first kappa shape index (κ1) is 11.8. The summed E-state index contributed by atoms with van der Waals surface area (Å²) in [5.41, 5.74) is 6.58. The van der Waals surface area contributed by atoms with Crippen LogP contribution < -0.4 is 10.5 Å². The molecule has 2 heterocycles. The summed E-state index contributed by atoms with van der Waals surface area (Å²) in [6.07, 6.45) is 0.901. The van der Waals surface area contributed by atoms with Gasteiger partial charge in [-0.3, -0.25) is 0 Å². The fourth-order valence-electron chi connectivity index (χ4n) is 1.32. The average molecular weight is 250 g/mol. The van der Waals surface area contributed by atoms with Crippen LogP contribution in [-0.2, 0) is 0 Å². The van der Waals surface area contributed by atoms with Crippen LogP contribution in [-0.4, -0.2) is 21.6 Å². The number of aromatic nitrogens is 3. The van der Waals surface area contributed by atoms with Gasteiger partial charge in [-0.25, -0.2) is 0 Å². The summed E-state index contributed by atoms with van der Waals surface area (Å²) in [6.45, 7) is 4.63. The van der Waals surface area contributed by atoms with Crippen LogP contribution in [0.25, 0.3) is 11.4 Å². The topological polar surface area (TPSA) is 73.9 Å². The normalized spacial score (nSPS) is 10.5. The second-order valence-corrected chi connectivity index (χ2v) is 4.71. The molecule has 2 rings (SSSR count). The lowest BCUT2D eigenvalue weighted by Crippen LogP contribution is -2.05. The molecule has 0 unspecified atom stereocenters. The Hall–Kier alpha value is -1.69. The Morgan fingerprint density at radius 1 is 1.35 bits per heavy atom. The summed E-state index contributed by atoms with van der Waals surface area (Å²) in [6, 6.07) is 2.31. The Morgan fingerprint density at radius 2 is 2.18 bits per heavy atom. The van der Waals surface area contributed by atoms with Gasteiger partial charge in [-0.05, 0) is 19.4 Å². The van der Waals surface area contributed by atoms with Crippen molar-refractivity contribution in [3.05, 3.63) is 16.3 Å². The number of nitrogen functional groups attached to an aromatic ring is 1. The number of nitrogens with two attached hydrogens (primary N) is 1. The smallest absolute Gasteiger partial charge is 0.321 e. The summed E-state index contributed by atoms with van der Waals surface area (Å²) in [4.78, 5) is 13.5. The third-order valence-corrected chi connectivity index (χ3v) is 2.92. The zero-order valence-corrected chi connectivity index (χ0v) is 10.6. The van der Waals surface area contributed by atoms with E-state index in [1.54, 1.807) is 11.3 Å². The first-order chi connectivity index (χ1) is 8.19. The lowest BCUT2D eigenvalue weighted by molar-refractivity contribution is 0.292. The van der Waals surface area contributed by atoms with Crippen molar-refractivity contribution in [1.82, 2.24) is 15.0 Å². The highest BCUT2D eigenvalue weighted by molar-refractivity contribution is 7.10. The summed E-state index contributed by atoms with van der Waals surface area (Å²) in [5, 5.41) is 1.99. The lowest BCUT2D eigenvalue weighted by atomic mass is 10.3. The Kier molecular flexibility index (Phi) is 3.53. The molecular weight excluding hydrogens is 236 g/mol. The summed E-state index contributed by atoms with van der Waals surface area (Å²) in [5.74, 6) is 0.748. The van der Waals surface area contributed by atoms with Crippen molar-refractivity contribution in [3.63, 3.8) is 0 Å². The van der Waals surface area contributed by atoms with Crippen LogP contribution in [0, 0.1) is 6.92 Å². The van der Waals surface area contributed by atoms with Crippen molar-refractivity contribution in [1.29, 1.82) is 0 Å². The Bertz CT molecular complexity index is 512. The van der Waals surface area contributed by atoms with Gasteiger partial charge in [0.25, 0.3) is 0 Å². The van der Waals surface area contributed by atoms with E-state index in [1.807, 2.05) is 25.3 Å². The van der Waals surface area contributed by atoms with Crippen LogP contribution >= 0.6 is 11.3 Å². The Morgan fingerprint density at radius 3 is 2.82 bits per heavy atom. The molecule has 6 heteroatoms. The predicted molar refractivity (Wildman–Crippen MR) is 68.1 cm³/mol. The van der Waals surface area contributed by atoms with Gasteiger partial charge < -0.3 is 10.5 Å². The van der Waals surface area contributed by atoms with E-state index in [-0.39, 0.29) is 5.95 Å². The lowest BCUT2D eigenvalue weighted by Gasteiger charge is -2.04. The summed E-state index contributed by atoms with van der Waals surface area (Å²) < 4.78 is 5.37. The van der Waals surface area contributed by atoms with Gasteiger partial charge in [0, 0.05) is 15.8 Å². The minimum absolute atomic E-state index is 0.185. The van der Waals surface area contributed by atoms with E-state index in [0.717, 1.165) is 12.0 Å². The quantitative estimate of drug-likeness (QED) is 0.901. The average Bonchev–Trinajstić information content (AvgIpc) is 2.72. The number of hydrogen-bond acceptors (Lipinski definition) is 6. The number of rotatable bonds is 4. The predicted octanol–water partition coefficient (Wildman–Crippen LogP) is 2.28. The van der Waals surface area contributed by atoms with E-state index < -0.39 is 0 Å². The van der Waals surface area contributed by atoms with Crippen molar-refractivity contribution >= 4 is 17.3 Å². The molecule has 0 aliphatic carbocycles. The molecule has 0 saturated carbocycles. The SMILES string of the molecule is CCCOc1nc(N)nc(-c2csc(C)c2)n1. The minimum Gasteiger partial charge on any atom is -0.463 e. The molecule has 0 aromatic carbocycles. The van der Waals surface area contributed by atoms with Crippen molar-refractivity contribution < 1.29 is 4.74 Å². The molecule has 2 aromatic rings. The van der Waals surface area contributed by atoms with Crippen LogP contribution in [0.1, 0.15) is 18.2 Å². The number of ether oxygens (including phenoxy) is 1. The number of hydrogen-bond donors (Lipinski definition) is 1. The molecule has 2 aromatic heterocycles. The molecule has 0 saturated heterocycles. The molecule has 2 N–H and O–H groups in total. The van der Waals surface area contributed by atoms with Crippen molar-refractivity contribution in [3.8, 4) is 17.4 Å². The van der Waals surface area contributed by atoms with Crippen molar-refractivity contribution in [2.75, 3.05) is 12.3 Å². The fourth-order valence-corrected chi connectivity index (χ4v) is 2.00. The number of anilines is 1. The largest absolute Gasteiger partial charge is 0.463 e. The third kappa shape index (κ3) is 2.91. The molecule has 0 spiro atoms. The van der Waals surface area contributed by atoms with E-state index in [4.69, 9.17) is 10.5 Å². The van der Waals surface area contributed by atoms with Gasteiger partial charge >= 0.3 is 6.01 Å². The number of thiophene rings is 1. The van der Waals surface area contributed by atoms with Crippen LogP contribution in [0.4, 0.5) is 5.95 Å². The second kappa shape index (κ2) is 5.09. The first-order valence-electron chi connectivity index (χ1n) is 5.39. The summed E-state index contributed by atoms with van der Waals surface area (Å²) in [7, 11) is 0. The zero-order chi connectivity index (χ0) is 12.3. The summed E-state index contributed by atoms with van der Waals surface area (Å²) >= 11 is 1.65. The minimum atomic E-state index is 0.185. The van der Waals surface area contributed by atoms with E-state index in [2.05, 4.69) is 15.0 Å². The van der Waals surface area contributed by atoms with Gasteiger partial charge in [0.05, 0.1) is 6.61 Å². The molecule has 5 nitrogen and oxygen atoms in total. The van der Waals surface area contributed by atoms with E-state index >= 15 is 0 Å². The second-order valence-electron chi connectivity index (χ2n) is 3.59. The van der Waals surface area contributed by atoms with Crippen LogP contribution in [0.15, 0.2) is 11.4 Å². The maximum Gasteiger partial charge on any atom is 0.321 e. The Balaban J connectivity index is 2.31. The van der Waals surface area contributed by atoms with E-state index in [9.17, 15) is 0 Å². The third-order valence-electron chi connectivity index (χ3n) is 2.06. The van der Waals surface area contributed by atoms with Crippen molar-refractivity contribution in [2.24, 2.45) is 0 Å². The Labute approximate surface area is 104 Å². The van der Waals surface area contributed by atoms with Gasteiger partial charge in [-0.2, -0.15) is 15.0 Å².